The average molecular weight is 547 g/mol. The molecule has 0 unspecified atom stereocenters. The van der Waals surface area contributed by atoms with Crippen molar-refractivity contribution in [3.63, 3.8) is 0 Å². The Morgan fingerprint density at radius 2 is 1.37 bits per heavy atom. The Kier molecular flexibility index (Phi) is 5.85. The highest BCUT2D eigenvalue weighted by atomic mass is 32.1. The van der Waals surface area contributed by atoms with Gasteiger partial charge in [-0.1, -0.05) is 54.6 Å². The fourth-order valence-electron chi connectivity index (χ4n) is 5.52. The first kappa shape index (κ1) is 24.7. The van der Waals surface area contributed by atoms with Crippen molar-refractivity contribution in [3.8, 4) is 6.07 Å². The van der Waals surface area contributed by atoms with Crippen LogP contribution in [0.5, 0.6) is 0 Å². The Labute approximate surface area is 241 Å². The van der Waals surface area contributed by atoms with Gasteiger partial charge in [-0.05, 0) is 89.3 Å². The minimum absolute atomic E-state index is 0.189. The van der Waals surface area contributed by atoms with E-state index in [4.69, 9.17) is 0 Å². The van der Waals surface area contributed by atoms with Crippen molar-refractivity contribution in [3.05, 3.63) is 142 Å². The molecular formula is C36H22N2O2S. The number of Topliss-reactive ketones (excluding diaryl/α,β-unsaturated/α-hetero) is 2. The SMILES string of the molecule is Cc1ccc(N(c2ccc(C#N)cc2)c2ccc(C=C3C(=O)c4cc5ccccc5cc4C3=O)s2)c2ccccc12. The Balaban J connectivity index is 1.33. The second kappa shape index (κ2) is 9.71. The molecule has 1 aliphatic rings. The van der Waals surface area contributed by atoms with E-state index in [1.807, 2.05) is 84.9 Å². The summed E-state index contributed by atoms with van der Waals surface area (Å²) >= 11 is 1.51. The number of ketones is 2. The van der Waals surface area contributed by atoms with E-state index in [2.05, 4.69) is 42.2 Å². The normalized spacial score (nSPS) is 12.5. The lowest BCUT2D eigenvalue weighted by atomic mass is 10.0. The van der Waals surface area contributed by atoms with Crippen LogP contribution in [-0.2, 0) is 0 Å². The van der Waals surface area contributed by atoms with Crippen LogP contribution < -0.4 is 4.90 Å². The van der Waals surface area contributed by atoms with Crippen LogP contribution in [0.2, 0.25) is 0 Å². The van der Waals surface area contributed by atoms with Crippen LogP contribution in [-0.4, -0.2) is 11.6 Å². The second-order valence-electron chi connectivity index (χ2n) is 10.1. The summed E-state index contributed by atoms with van der Waals surface area (Å²) in [7, 11) is 0. The molecule has 5 aromatic carbocycles. The van der Waals surface area contributed by atoms with Crippen molar-refractivity contribution < 1.29 is 9.59 Å². The molecule has 194 valence electrons. The molecule has 7 rings (SSSR count). The van der Waals surface area contributed by atoms with Gasteiger partial charge < -0.3 is 4.90 Å². The third-order valence-corrected chi connectivity index (χ3v) is 8.62. The number of rotatable bonds is 4. The van der Waals surface area contributed by atoms with Crippen LogP contribution in [0.3, 0.4) is 0 Å². The number of hydrogen-bond acceptors (Lipinski definition) is 5. The van der Waals surface area contributed by atoms with Crippen molar-refractivity contribution in [2.75, 3.05) is 4.90 Å². The molecule has 6 aromatic rings. The van der Waals surface area contributed by atoms with Crippen LogP contribution in [0.25, 0.3) is 27.6 Å². The lowest BCUT2D eigenvalue weighted by Gasteiger charge is -2.25. The zero-order valence-electron chi connectivity index (χ0n) is 22.1. The quantitative estimate of drug-likeness (QED) is 0.163. The third kappa shape index (κ3) is 4.13. The monoisotopic (exact) mass is 546 g/mol. The van der Waals surface area contributed by atoms with Crippen molar-refractivity contribution in [1.29, 1.82) is 5.26 Å². The third-order valence-electron chi connectivity index (χ3n) is 7.60. The lowest BCUT2D eigenvalue weighted by Crippen LogP contribution is -2.09. The lowest BCUT2D eigenvalue weighted by molar-refractivity contribution is 0.0990. The van der Waals surface area contributed by atoms with Gasteiger partial charge in [0.2, 0.25) is 0 Å². The van der Waals surface area contributed by atoms with Crippen LogP contribution in [0.4, 0.5) is 16.4 Å². The van der Waals surface area contributed by atoms with Gasteiger partial charge in [0.15, 0.2) is 11.6 Å². The van der Waals surface area contributed by atoms with E-state index in [9.17, 15) is 14.9 Å². The van der Waals surface area contributed by atoms with Gasteiger partial charge in [0.25, 0.3) is 0 Å². The predicted octanol–water partition coefficient (Wildman–Crippen LogP) is 9.17. The summed E-state index contributed by atoms with van der Waals surface area (Å²) in [5.41, 5.74) is 4.80. The second-order valence-corrected chi connectivity index (χ2v) is 11.2. The van der Waals surface area contributed by atoms with Crippen LogP contribution in [0.1, 0.15) is 36.7 Å². The molecule has 0 amide bonds. The molecule has 0 bridgehead atoms. The van der Waals surface area contributed by atoms with Crippen molar-refractivity contribution in [2.45, 2.75) is 6.92 Å². The van der Waals surface area contributed by atoms with E-state index in [1.165, 1.54) is 16.9 Å². The molecule has 0 N–H and O–H groups in total. The number of allylic oxidation sites excluding steroid dienone is 1. The van der Waals surface area contributed by atoms with Gasteiger partial charge >= 0.3 is 0 Å². The highest BCUT2D eigenvalue weighted by Crippen LogP contribution is 2.43. The molecule has 1 aromatic heterocycles. The van der Waals surface area contributed by atoms with E-state index < -0.39 is 0 Å². The fraction of sp³-hybridized carbons (Fsp3) is 0.0278. The first-order chi connectivity index (χ1) is 20.0. The summed E-state index contributed by atoms with van der Waals surface area (Å²) in [5, 5.41) is 14.4. The zero-order chi connectivity index (χ0) is 28.1. The van der Waals surface area contributed by atoms with Gasteiger partial charge in [-0.25, -0.2) is 0 Å². The molecule has 41 heavy (non-hydrogen) atoms. The summed E-state index contributed by atoms with van der Waals surface area (Å²) in [4.78, 5) is 29.7. The Morgan fingerprint density at radius 1 is 0.732 bits per heavy atom. The number of nitriles is 1. The largest absolute Gasteiger partial charge is 0.301 e. The minimum Gasteiger partial charge on any atom is -0.301 e. The predicted molar refractivity (Wildman–Crippen MR) is 167 cm³/mol. The number of hydrogen-bond donors (Lipinski definition) is 0. The number of thiophene rings is 1. The van der Waals surface area contributed by atoms with E-state index in [-0.39, 0.29) is 17.1 Å². The molecule has 0 saturated heterocycles. The van der Waals surface area contributed by atoms with E-state index in [0.29, 0.717) is 16.7 Å². The van der Waals surface area contributed by atoms with Gasteiger partial charge in [-0.15, -0.1) is 11.3 Å². The highest BCUT2D eigenvalue weighted by molar-refractivity contribution is 7.17. The number of anilines is 3. The summed E-state index contributed by atoms with van der Waals surface area (Å²) in [6.45, 7) is 2.10. The molecule has 4 nitrogen and oxygen atoms in total. The number of carbonyl (C=O) groups excluding carboxylic acids is 2. The molecule has 0 saturated carbocycles. The van der Waals surface area contributed by atoms with Crippen molar-refractivity contribution in [2.24, 2.45) is 0 Å². The fourth-order valence-corrected chi connectivity index (χ4v) is 6.51. The smallest absolute Gasteiger partial charge is 0.197 e. The maximum atomic E-state index is 13.4. The Morgan fingerprint density at radius 3 is 2.02 bits per heavy atom. The zero-order valence-corrected chi connectivity index (χ0v) is 22.9. The van der Waals surface area contributed by atoms with Gasteiger partial charge in [0.05, 0.1) is 22.9 Å². The first-order valence-electron chi connectivity index (χ1n) is 13.2. The Hall–Kier alpha value is -5.31. The standard InChI is InChI=1S/C36H22N2O2S/c1-22-10-16-33(29-9-5-4-8-28(22)29)38(26-13-11-23(21-37)12-14-26)34-17-15-27(41-34)20-32-35(39)30-18-24-6-2-3-7-25(24)19-31(30)36(32)40/h2-20H,1H3. The molecule has 5 heteroatoms. The topological polar surface area (TPSA) is 61.2 Å². The maximum absolute atomic E-state index is 13.4. The molecule has 0 fully saturated rings. The summed E-state index contributed by atoms with van der Waals surface area (Å²) in [6, 6.07) is 37.6. The molecule has 1 heterocycles. The molecule has 0 aliphatic heterocycles. The Bertz CT molecular complexity index is 2060. The summed E-state index contributed by atoms with van der Waals surface area (Å²) in [6.07, 6.45) is 1.72. The minimum atomic E-state index is -0.237. The number of nitrogens with zero attached hydrogens (tertiary/aromatic N) is 2. The van der Waals surface area contributed by atoms with Crippen LogP contribution >= 0.6 is 11.3 Å². The molecule has 1 aliphatic carbocycles. The van der Waals surface area contributed by atoms with Crippen LogP contribution in [0.15, 0.2) is 115 Å². The maximum Gasteiger partial charge on any atom is 0.197 e. The molecule has 0 radical (unpaired) electrons. The number of benzene rings is 5. The van der Waals surface area contributed by atoms with Crippen molar-refractivity contribution >= 4 is 66.9 Å². The molecular weight excluding hydrogens is 524 g/mol. The number of carbonyl (C=O) groups is 2. The van der Waals surface area contributed by atoms with E-state index in [0.717, 1.165) is 42.8 Å². The van der Waals surface area contributed by atoms with Crippen LogP contribution in [0, 0.1) is 18.3 Å². The number of aryl methyl sites for hydroxylation is 1. The van der Waals surface area contributed by atoms with E-state index >= 15 is 0 Å². The average Bonchev–Trinajstić information content (AvgIpc) is 3.56. The summed E-state index contributed by atoms with van der Waals surface area (Å²) in [5.74, 6) is -0.474. The van der Waals surface area contributed by atoms with Gasteiger partial charge in [0.1, 0.15) is 5.00 Å². The molecule has 0 atom stereocenters. The van der Waals surface area contributed by atoms with Crippen molar-refractivity contribution in [1.82, 2.24) is 0 Å². The first-order valence-corrected chi connectivity index (χ1v) is 14.1. The summed E-state index contributed by atoms with van der Waals surface area (Å²) < 4.78 is 0. The van der Waals surface area contributed by atoms with Gasteiger partial charge in [-0.2, -0.15) is 5.26 Å². The van der Waals surface area contributed by atoms with E-state index in [1.54, 1.807) is 6.08 Å². The van der Waals surface area contributed by atoms with Gasteiger partial charge in [0, 0.05) is 27.1 Å². The number of fused-ring (bicyclic) bond motifs is 3. The molecule has 0 spiro atoms. The van der Waals surface area contributed by atoms with Gasteiger partial charge in [-0.3, -0.25) is 9.59 Å². The highest BCUT2D eigenvalue weighted by Gasteiger charge is 2.33.